The lowest BCUT2D eigenvalue weighted by Crippen LogP contribution is -2.57. The Hall–Kier alpha value is -3.15. The van der Waals surface area contributed by atoms with Gasteiger partial charge in [-0.05, 0) is 50.3 Å². The van der Waals surface area contributed by atoms with E-state index in [0.717, 1.165) is 55.2 Å². The van der Waals surface area contributed by atoms with Gasteiger partial charge < -0.3 is 4.90 Å². The molecule has 186 valence electrons. The maximum Gasteiger partial charge on any atom is 0.261 e. The number of para-hydroxylation sites is 1. The summed E-state index contributed by atoms with van der Waals surface area (Å²) in [5.41, 5.74) is 6.39. The maximum absolute atomic E-state index is 13.6. The standard InChI is InChI=1S/C29H37N3O3/c1-4-5-19-27(33)31(22-13-7-6-8-14-22)21(3)28(34)30-32-26-18-12-11-17-25(26)24-16-10-9-15-23(24)20(2)29(32)35/h9-12,15-18,20-22H,4-8,13-14,19H2,1-3H3,(H,30,34)/t20?,21-/m0/s1. The van der Waals surface area contributed by atoms with Crippen molar-refractivity contribution < 1.29 is 14.4 Å². The minimum atomic E-state index is -0.664. The molecule has 0 bridgehead atoms. The lowest BCUT2D eigenvalue weighted by atomic mass is 9.92. The lowest BCUT2D eigenvalue weighted by molar-refractivity contribution is -0.143. The van der Waals surface area contributed by atoms with Crippen LogP contribution in [-0.4, -0.2) is 34.7 Å². The minimum absolute atomic E-state index is 0.0322. The fourth-order valence-corrected chi connectivity index (χ4v) is 5.46. The molecule has 1 fully saturated rings. The number of benzene rings is 2. The van der Waals surface area contributed by atoms with Gasteiger partial charge in [0.2, 0.25) is 5.91 Å². The van der Waals surface area contributed by atoms with E-state index in [0.29, 0.717) is 12.1 Å². The van der Waals surface area contributed by atoms with Gasteiger partial charge in [-0.1, -0.05) is 75.1 Å². The SMILES string of the molecule is CCCCC(=O)N(C1CCCCC1)[C@@H](C)C(=O)NN1C(=O)C(C)c2ccccc2-c2ccccc21. The molecule has 4 rings (SSSR count). The van der Waals surface area contributed by atoms with E-state index in [2.05, 4.69) is 12.3 Å². The van der Waals surface area contributed by atoms with Gasteiger partial charge in [0, 0.05) is 18.0 Å². The molecule has 6 nitrogen and oxygen atoms in total. The molecular weight excluding hydrogens is 438 g/mol. The zero-order chi connectivity index (χ0) is 24.9. The Labute approximate surface area is 208 Å². The Bertz CT molecular complexity index is 1080. The fraction of sp³-hybridized carbons (Fsp3) is 0.483. The highest BCUT2D eigenvalue weighted by molar-refractivity contribution is 6.06. The number of anilines is 1. The highest BCUT2D eigenvalue weighted by atomic mass is 16.2. The first-order valence-corrected chi connectivity index (χ1v) is 13.1. The molecule has 1 saturated carbocycles. The molecule has 2 atom stereocenters. The summed E-state index contributed by atoms with van der Waals surface area (Å²) in [6.07, 6.45) is 7.36. The van der Waals surface area contributed by atoms with Gasteiger partial charge in [0.15, 0.2) is 0 Å². The summed E-state index contributed by atoms with van der Waals surface area (Å²) in [6, 6.07) is 14.9. The van der Waals surface area contributed by atoms with E-state index in [4.69, 9.17) is 0 Å². The molecule has 0 saturated heterocycles. The molecule has 6 heteroatoms. The van der Waals surface area contributed by atoms with Crippen LogP contribution in [-0.2, 0) is 14.4 Å². The van der Waals surface area contributed by atoms with Crippen LogP contribution in [0.15, 0.2) is 48.5 Å². The van der Waals surface area contributed by atoms with E-state index >= 15 is 0 Å². The summed E-state index contributed by atoms with van der Waals surface area (Å²) in [5, 5.41) is 1.40. The lowest BCUT2D eigenvalue weighted by Gasteiger charge is -2.39. The van der Waals surface area contributed by atoms with Gasteiger partial charge in [-0.25, -0.2) is 5.01 Å². The van der Waals surface area contributed by atoms with Gasteiger partial charge in [-0.3, -0.25) is 19.8 Å². The van der Waals surface area contributed by atoms with E-state index in [1.807, 2.05) is 55.5 Å². The van der Waals surface area contributed by atoms with Crippen molar-refractivity contribution in [2.45, 2.75) is 90.1 Å². The predicted molar refractivity (Wildman–Crippen MR) is 139 cm³/mol. The van der Waals surface area contributed by atoms with Crippen molar-refractivity contribution in [3.8, 4) is 11.1 Å². The summed E-state index contributed by atoms with van der Waals surface area (Å²) >= 11 is 0. The van der Waals surface area contributed by atoms with Gasteiger partial charge in [0.25, 0.3) is 11.8 Å². The first-order chi connectivity index (χ1) is 16.9. The number of fused-ring (bicyclic) bond motifs is 3. The number of carbonyl (C=O) groups is 3. The third-order valence-corrected chi connectivity index (χ3v) is 7.47. The second-order valence-corrected chi connectivity index (χ2v) is 9.85. The van der Waals surface area contributed by atoms with Crippen LogP contribution in [0.3, 0.4) is 0 Å². The molecule has 0 aromatic heterocycles. The van der Waals surface area contributed by atoms with Crippen molar-refractivity contribution in [3.05, 3.63) is 54.1 Å². The Kier molecular flexibility index (Phi) is 7.89. The molecule has 1 unspecified atom stereocenters. The number of hydrogen-bond donors (Lipinski definition) is 1. The number of nitrogens with zero attached hydrogens (tertiary/aromatic N) is 2. The van der Waals surface area contributed by atoms with Crippen LogP contribution in [0, 0.1) is 0 Å². The summed E-state index contributed by atoms with van der Waals surface area (Å²) in [4.78, 5) is 42.3. The predicted octanol–water partition coefficient (Wildman–Crippen LogP) is 5.57. The van der Waals surface area contributed by atoms with Crippen LogP contribution in [0.1, 0.15) is 83.6 Å². The van der Waals surface area contributed by atoms with Crippen molar-refractivity contribution in [3.63, 3.8) is 0 Å². The van der Waals surface area contributed by atoms with Gasteiger partial charge in [-0.2, -0.15) is 0 Å². The van der Waals surface area contributed by atoms with Gasteiger partial charge in [-0.15, -0.1) is 0 Å². The highest BCUT2D eigenvalue weighted by Crippen LogP contribution is 2.40. The number of carbonyl (C=O) groups excluding carboxylic acids is 3. The Morgan fingerprint density at radius 2 is 1.69 bits per heavy atom. The largest absolute Gasteiger partial charge is 0.328 e. The van der Waals surface area contributed by atoms with Crippen LogP contribution in [0.4, 0.5) is 5.69 Å². The Morgan fingerprint density at radius 1 is 1.03 bits per heavy atom. The second-order valence-electron chi connectivity index (χ2n) is 9.85. The Morgan fingerprint density at radius 3 is 2.40 bits per heavy atom. The smallest absolute Gasteiger partial charge is 0.261 e. The van der Waals surface area contributed by atoms with Crippen LogP contribution in [0.5, 0.6) is 0 Å². The third-order valence-electron chi connectivity index (χ3n) is 7.47. The van der Waals surface area contributed by atoms with Crippen molar-refractivity contribution in [2.24, 2.45) is 0 Å². The molecule has 2 aliphatic rings. The molecule has 0 spiro atoms. The molecule has 1 aliphatic heterocycles. The number of amides is 3. The highest BCUT2D eigenvalue weighted by Gasteiger charge is 2.36. The van der Waals surface area contributed by atoms with Crippen LogP contribution >= 0.6 is 0 Å². The maximum atomic E-state index is 13.6. The molecule has 1 N–H and O–H groups in total. The van der Waals surface area contributed by atoms with Crippen LogP contribution in [0.25, 0.3) is 11.1 Å². The molecule has 1 aliphatic carbocycles. The van der Waals surface area contributed by atoms with Crippen molar-refractivity contribution in [1.29, 1.82) is 0 Å². The van der Waals surface area contributed by atoms with Crippen LogP contribution in [0.2, 0.25) is 0 Å². The average molecular weight is 476 g/mol. The monoisotopic (exact) mass is 475 g/mol. The topological polar surface area (TPSA) is 69.7 Å². The molecule has 3 amide bonds. The van der Waals surface area contributed by atoms with E-state index in [1.54, 1.807) is 11.8 Å². The molecule has 35 heavy (non-hydrogen) atoms. The van der Waals surface area contributed by atoms with Gasteiger partial charge in [0.05, 0.1) is 11.6 Å². The van der Waals surface area contributed by atoms with E-state index in [-0.39, 0.29) is 23.8 Å². The quantitative estimate of drug-likeness (QED) is 0.569. The zero-order valence-electron chi connectivity index (χ0n) is 21.1. The summed E-state index contributed by atoms with van der Waals surface area (Å²) in [6.45, 7) is 5.73. The zero-order valence-corrected chi connectivity index (χ0v) is 21.1. The molecular formula is C29H37N3O3. The first-order valence-electron chi connectivity index (χ1n) is 13.1. The molecule has 2 aromatic carbocycles. The Balaban J connectivity index is 1.63. The normalized spacial score (nSPS) is 18.8. The second kappa shape index (κ2) is 11.1. The first kappa shape index (κ1) is 25.0. The third kappa shape index (κ3) is 5.12. The summed E-state index contributed by atoms with van der Waals surface area (Å²) < 4.78 is 0. The van der Waals surface area contributed by atoms with Gasteiger partial charge >= 0.3 is 0 Å². The number of unbranched alkanes of at least 4 members (excludes halogenated alkanes) is 1. The van der Waals surface area contributed by atoms with E-state index in [9.17, 15) is 14.4 Å². The molecule has 1 heterocycles. The van der Waals surface area contributed by atoms with Crippen LogP contribution < -0.4 is 10.4 Å². The van der Waals surface area contributed by atoms with E-state index in [1.165, 1.54) is 11.4 Å². The molecule has 2 aromatic rings. The number of hydrogen-bond acceptors (Lipinski definition) is 3. The summed E-state index contributed by atoms with van der Waals surface area (Å²) in [5.74, 6) is -0.911. The van der Waals surface area contributed by atoms with E-state index < -0.39 is 12.0 Å². The molecule has 0 radical (unpaired) electrons. The number of nitrogens with one attached hydrogen (secondary N) is 1. The van der Waals surface area contributed by atoms with Crippen molar-refractivity contribution in [2.75, 3.05) is 5.01 Å². The van der Waals surface area contributed by atoms with Gasteiger partial charge in [0.1, 0.15) is 6.04 Å². The van der Waals surface area contributed by atoms with Crippen molar-refractivity contribution in [1.82, 2.24) is 10.3 Å². The van der Waals surface area contributed by atoms with Crippen molar-refractivity contribution >= 4 is 23.4 Å². The fourth-order valence-electron chi connectivity index (χ4n) is 5.46. The average Bonchev–Trinajstić information content (AvgIpc) is 2.98. The summed E-state index contributed by atoms with van der Waals surface area (Å²) in [7, 11) is 0. The number of hydrazine groups is 1. The minimum Gasteiger partial charge on any atom is -0.328 e. The number of rotatable bonds is 7.